The lowest BCUT2D eigenvalue weighted by Crippen LogP contribution is -2.61. The number of nitrogens with zero attached hydrogens (tertiary/aromatic N) is 1. The molecule has 1 aromatic rings. The largest absolute Gasteiger partial charge is 0.480 e. The van der Waals surface area contributed by atoms with Crippen molar-refractivity contribution in [3.05, 3.63) is 35.9 Å². The molecule has 0 aromatic heterocycles. The second kappa shape index (κ2) is 5.18. The molecule has 2 atom stereocenters. The molecule has 5 nitrogen and oxygen atoms in total. The second-order valence-corrected chi connectivity index (χ2v) is 4.39. The number of aliphatic carboxylic acids is 1. The molecule has 0 bridgehead atoms. The van der Waals surface area contributed by atoms with Gasteiger partial charge in [-0.05, 0) is 19.1 Å². The Hall–Kier alpha value is -1.88. The average Bonchev–Trinajstić information content (AvgIpc) is 2.38. The SMILES string of the molecule is CC1NCCN(C(=O)c2ccccc2)C1C(=O)O. The number of hydrogen-bond donors (Lipinski definition) is 2. The van der Waals surface area contributed by atoms with E-state index in [1.807, 2.05) is 6.07 Å². The van der Waals surface area contributed by atoms with Crippen LogP contribution in [0.15, 0.2) is 30.3 Å². The smallest absolute Gasteiger partial charge is 0.328 e. The van der Waals surface area contributed by atoms with Gasteiger partial charge in [0.15, 0.2) is 0 Å². The van der Waals surface area contributed by atoms with Crippen LogP contribution in [0.4, 0.5) is 0 Å². The van der Waals surface area contributed by atoms with Crippen molar-refractivity contribution >= 4 is 11.9 Å². The van der Waals surface area contributed by atoms with Crippen LogP contribution in [-0.2, 0) is 4.79 Å². The summed E-state index contributed by atoms with van der Waals surface area (Å²) >= 11 is 0. The number of rotatable bonds is 2. The van der Waals surface area contributed by atoms with Crippen molar-refractivity contribution in [2.75, 3.05) is 13.1 Å². The number of carbonyl (C=O) groups excluding carboxylic acids is 1. The van der Waals surface area contributed by atoms with Crippen LogP contribution < -0.4 is 5.32 Å². The van der Waals surface area contributed by atoms with E-state index in [2.05, 4.69) is 5.32 Å². The summed E-state index contributed by atoms with van der Waals surface area (Å²) in [6.07, 6.45) is 0. The molecule has 5 heteroatoms. The number of carbonyl (C=O) groups is 2. The fourth-order valence-electron chi connectivity index (χ4n) is 2.25. The summed E-state index contributed by atoms with van der Waals surface area (Å²) in [5.74, 6) is -1.20. The first-order valence-corrected chi connectivity index (χ1v) is 5.93. The fourth-order valence-corrected chi connectivity index (χ4v) is 2.25. The van der Waals surface area contributed by atoms with Gasteiger partial charge in [0.25, 0.3) is 5.91 Å². The van der Waals surface area contributed by atoms with E-state index in [0.29, 0.717) is 18.7 Å². The van der Waals surface area contributed by atoms with E-state index in [1.54, 1.807) is 31.2 Å². The summed E-state index contributed by atoms with van der Waals surface area (Å²) < 4.78 is 0. The van der Waals surface area contributed by atoms with E-state index in [9.17, 15) is 14.7 Å². The topological polar surface area (TPSA) is 69.6 Å². The van der Waals surface area contributed by atoms with E-state index < -0.39 is 12.0 Å². The van der Waals surface area contributed by atoms with E-state index in [0.717, 1.165) is 0 Å². The third-order valence-corrected chi connectivity index (χ3v) is 3.16. The van der Waals surface area contributed by atoms with Crippen molar-refractivity contribution in [2.45, 2.75) is 19.0 Å². The Morgan fingerprint density at radius 3 is 2.61 bits per heavy atom. The summed E-state index contributed by atoms with van der Waals surface area (Å²) in [6.45, 7) is 2.81. The number of nitrogens with one attached hydrogen (secondary N) is 1. The Morgan fingerprint density at radius 2 is 2.00 bits per heavy atom. The zero-order valence-electron chi connectivity index (χ0n) is 10.2. The molecule has 96 valence electrons. The van der Waals surface area contributed by atoms with Gasteiger partial charge in [-0.2, -0.15) is 0 Å². The number of piperazine rings is 1. The minimum absolute atomic E-state index is 0.226. The van der Waals surface area contributed by atoms with Crippen molar-refractivity contribution < 1.29 is 14.7 Å². The molecule has 18 heavy (non-hydrogen) atoms. The highest BCUT2D eigenvalue weighted by molar-refractivity contribution is 5.96. The van der Waals surface area contributed by atoms with Crippen LogP contribution in [0.5, 0.6) is 0 Å². The lowest BCUT2D eigenvalue weighted by Gasteiger charge is -2.38. The Bertz CT molecular complexity index is 447. The summed E-state index contributed by atoms with van der Waals surface area (Å²) in [5, 5.41) is 12.3. The van der Waals surface area contributed by atoms with Crippen molar-refractivity contribution in [1.82, 2.24) is 10.2 Å². The van der Waals surface area contributed by atoms with Gasteiger partial charge in [-0.3, -0.25) is 4.79 Å². The average molecular weight is 248 g/mol. The van der Waals surface area contributed by atoms with E-state index in [-0.39, 0.29) is 11.9 Å². The lowest BCUT2D eigenvalue weighted by atomic mass is 10.0. The molecule has 2 N–H and O–H groups in total. The zero-order chi connectivity index (χ0) is 13.1. The first kappa shape index (κ1) is 12.6. The van der Waals surface area contributed by atoms with Gasteiger partial charge >= 0.3 is 5.97 Å². The third-order valence-electron chi connectivity index (χ3n) is 3.16. The molecule has 1 saturated heterocycles. The molecule has 1 heterocycles. The Morgan fingerprint density at radius 1 is 1.33 bits per heavy atom. The Balaban J connectivity index is 2.25. The zero-order valence-corrected chi connectivity index (χ0v) is 10.2. The van der Waals surface area contributed by atoms with Gasteiger partial charge in [0, 0.05) is 24.7 Å². The maximum absolute atomic E-state index is 12.3. The molecule has 1 fully saturated rings. The fraction of sp³-hybridized carbons (Fsp3) is 0.385. The molecular formula is C13H16N2O3. The van der Waals surface area contributed by atoms with Gasteiger partial charge in [-0.15, -0.1) is 0 Å². The van der Waals surface area contributed by atoms with Crippen LogP contribution in [0.3, 0.4) is 0 Å². The van der Waals surface area contributed by atoms with Crippen LogP contribution in [0.2, 0.25) is 0 Å². The first-order chi connectivity index (χ1) is 8.61. The lowest BCUT2D eigenvalue weighted by molar-refractivity contribution is -0.144. The molecule has 1 amide bonds. The molecule has 1 aliphatic rings. The van der Waals surface area contributed by atoms with Crippen LogP contribution >= 0.6 is 0 Å². The molecule has 0 aliphatic carbocycles. The van der Waals surface area contributed by atoms with Gasteiger partial charge in [0.05, 0.1) is 0 Å². The quantitative estimate of drug-likeness (QED) is 0.803. The minimum Gasteiger partial charge on any atom is -0.480 e. The maximum Gasteiger partial charge on any atom is 0.328 e. The summed E-state index contributed by atoms with van der Waals surface area (Å²) in [5.41, 5.74) is 0.526. The third kappa shape index (κ3) is 2.36. The second-order valence-electron chi connectivity index (χ2n) is 4.39. The standard InChI is InChI=1S/C13H16N2O3/c1-9-11(13(17)18)15(8-7-14-9)12(16)10-5-3-2-4-6-10/h2-6,9,11,14H,7-8H2,1H3,(H,17,18). The maximum atomic E-state index is 12.3. The van der Waals surface area contributed by atoms with Crippen LogP contribution in [-0.4, -0.2) is 47.1 Å². The summed E-state index contributed by atoms with van der Waals surface area (Å²) in [4.78, 5) is 25.0. The minimum atomic E-state index is -0.973. The van der Waals surface area contributed by atoms with Crippen LogP contribution in [0.1, 0.15) is 17.3 Å². The summed E-state index contributed by atoms with van der Waals surface area (Å²) in [6, 6.07) is 7.71. The predicted octanol–water partition coefficient (Wildman–Crippen LogP) is 0.574. The highest BCUT2D eigenvalue weighted by atomic mass is 16.4. The molecular weight excluding hydrogens is 232 g/mol. The molecule has 0 spiro atoms. The van der Waals surface area contributed by atoms with E-state index in [1.165, 1.54) is 4.90 Å². The summed E-state index contributed by atoms with van der Waals surface area (Å²) in [7, 11) is 0. The highest BCUT2D eigenvalue weighted by Crippen LogP contribution is 2.14. The van der Waals surface area contributed by atoms with E-state index in [4.69, 9.17) is 0 Å². The molecule has 0 radical (unpaired) electrons. The van der Waals surface area contributed by atoms with Crippen LogP contribution in [0, 0.1) is 0 Å². The Labute approximate surface area is 105 Å². The van der Waals surface area contributed by atoms with Crippen LogP contribution in [0.25, 0.3) is 0 Å². The first-order valence-electron chi connectivity index (χ1n) is 5.93. The molecule has 1 aromatic carbocycles. The number of carboxylic acid groups (broad SMARTS) is 1. The Kier molecular flexibility index (Phi) is 3.62. The number of amides is 1. The van der Waals surface area contributed by atoms with Gasteiger partial charge in [-0.25, -0.2) is 4.79 Å². The van der Waals surface area contributed by atoms with Gasteiger partial charge in [-0.1, -0.05) is 18.2 Å². The monoisotopic (exact) mass is 248 g/mol. The molecule has 0 saturated carbocycles. The van der Waals surface area contributed by atoms with Gasteiger partial charge in [0.1, 0.15) is 6.04 Å². The van der Waals surface area contributed by atoms with Crippen molar-refractivity contribution in [2.24, 2.45) is 0 Å². The normalized spacial score (nSPS) is 23.7. The highest BCUT2D eigenvalue weighted by Gasteiger charge is 2.37. The van der Waals surface area contributed by atoms with Gasteiger partial charge in [0.2, 0.25) is 0 Å². The predicted molar refractivity (Wildman–Crippen MR) is 66.4 cm³/mol. The van der Waals surface area contributed by atoms with Crippen molar-refractivity contribution in [3.63, 3.8) is 0 Å². The van der Waals surface area contributed by atoms with E-state index >= 15 is 0 Å². The molecule has 2 unspecified atom stereocenters. The van der Waals surface area contributed by atoms with Crippen molar-refractivity contribution in [1.29, 1.82) is 0 Å². The number of hydrogen-bond acceptors (Lipinski definition) is 3. The number of benzene rings is 1. The molecule has 2 rings (SSSR count). The number of carboxylic acids is 1. The van der Waals surface area contributed by atoms with Gasteiger partial charge < -0.3 is 15.3 Å². The molecule has 1 aliphatic heterocycles. The van der Waals surface area contributed by atoms with Crippen molar-refractivity contribution in [3.8, 4) is 0 Å².